The van der Waals surface area contributed by atoms with Gasteiger partial charge in [-0.15, -0.1) is 0 Å². The van der Waals surface area contributed by atoms with E-state index in [4.69, 9.17) is 9.47 Å². The number of aromatic nitrogens is 4. The number of H-pyrrole nitrogens is 1. The molecule has 0 aliphatic carbocycles. The maximum Gasteiger partial charge on any atom is 0.253 e. The molecule has 0 radical (unpaired) electrons. The number of imidazole rings is 1. The monoisotopic (exact) mass is 343 g/mol. The molecular formula is C16H11F2N5O2. The first-order valence-corrected chi connectivity index (χ1v) is 7.57. The normalized spacial score (nSPS) is 13.5. The molecule has 1 aliphatic rings. The van der Waals surface area contributed by atoms with Gasteiger partial charge in [-0.2, -0.15) is 4.98 Å². The number of hydrogen-bond acceptors (Lipinski definition) is 5. The van der Waals surface area contributed by atoms with Crippen molar-refractivity contribution < 1.29 is 18.3 Å². The quantitative estimate of drug-likeness (QED) is 0.585. The average Bonchev–Trinajstić information content (AvgIpc) is 3.13. The predicted molar refractivity (Wildman–Crippen MR) is 85.5 cm³/mol. The second-order valence-corrected chi connectivity index (χ2v) is 5.56. The van der Waals surface area contributed by atoms with Crippen LogP contribution in [0.2, 0.25) is 0 Å². The maximum absolute atomic E-state index is 13.3. The van der Waals surface area contributed by atoms with Crippen molar-refractivity contribution >= 4 is 28.4 Å². The number of halogens is 2. The number of ether oxygens (including phenoxy) is 2. The molecule has 0 unspecified atom stereocenters. The van der Waals surface area contributed by atoms with E-state index in [1.807, 2.05) is 6.07 Å². The third-order valence-corrected chi connectivity index (χ3v) is 3.91. The van der Waals surface area contributed by atoms with E-state index in [1.165, 1.54) is 6.07 Å². The Hall–Kier alpha value is -3.36. The van der Waals surface area contributed by atoms with Gasteiger partial charge in [0.1, 0.15) is 13.2 Å². The summed E-state index contributed by atoms with van der Waals surface area (Å²) in [6, 6.07) is 7.15. The molecule has 126 valence electrons. The molecule has 7 nitrogen and oxygen atoms in total. The third-order valence-electron chi connectivity index (χ3n) is 3.91. The minimum Gasteiger partial charge on any atom is -0.486 e. The molecule has 2 aromatic carbocycles. The highest BCUT2D eigenvalue weighted by molar-refractivity contribution is 5.83. The van der Waals surface area contributed by atoms with Gasteiger partial charge in [-0.3, -0.25) is 5.10 Å². The molecule has 0 spiro atoms. The molecule has 25 heavy (non-hydrogen) atoms. The fourth-order valence-electron chi connectivity index (χ4n) is 2.78. The standard InChI is InChI=1S/C16H11F2N5O2/c17-9-2-1-8(5-10(9)18)19-15-21-16-20-11-6-13-14(25-4-3-24-13)7-12(11)23(16)22-15/h1-2,5-7H,3-4H2,(H2,19,20,21,22). The van der Waals surface area contributed by atoms with E-state index >= 15 is 0 Å². The Bertz CT molecular complexity index is 1120. The van der Waals surface area contributed by atoms with E-state index in [9.17, 15) is 8.78 Å². The Morgan fingerprint density at radius 1 is 1.00 bits per heavy atom. The number of fused-ring (bicyclic) bond motifs is 4. The lowest BCUT2D eigenvalue weighted by Gasteiger charge is -2.17. The van der Waals surface area contributed by atoms with Gasteiger partial charge in [-0.25, -0.2) is 18.3 Å². The van der Waals surface area contributed by atoms with E-state index in [-0.39, 0.29) is 0 Å². The van der Waals surface area contributed by atoms with Crippen LogP contribution >= 0.6 is 0 Å². The van der Waals surface area contributed by atoms with Gasteiger partial charge in [0, 0.05) is 23.9 Å². The van der Waals surface area contributed by atoms with Crippen LogP contribution in [0.1, 0.15) is 0 Å². The zero-order chi connectivity index (χ0) is 17.0. The fraction of sp³-hybridized carbons (Fsp3) is 0.125. The highest BCUT2D eigenvalue weighted by atomic mass is 19.2. The SMILES string of the molecule is Fc1ccc(Nc2nc3nc4cc5c(cc4n3[nH]2)OCCO5)cc1F. The first kappa shape index (κ1) is 14.0. The summed E-state index contributed by atoms with van der Waals surface area (Å²) in [5.74, 6) is 0.242. The third kappa shape index (κ3) is 2.24. The van der Waals surface area contributed by atoms with Crippen LogP contribution in [0.3, 0.4) is 0 Å². The summed E-state index contributed by atoms with van der Waals surface area (Å²) < 4.78 is 39.1. The molecule has 4 aromatic rings. The fourth-order valence-corrected chi connectivity index (χ4v) is 2.78. The van der Waals surface area contributed by atoms with Crippen LogP contribution in [-0.2, 0) is 0 Å². The van der Waals surface area contributed by atoms with Crippen LogP contribution in [0.5, 0.6) is 11.5 Å². The maximum atomic E-state index is 13.3. The van der Waals surface area contributed by atoms with E-state index in [0.29, 0.717) is 47.6 Å². The summed E-state index contributed by atoms with van der Waals surface area (Å²) in [6.07, 6.45) is 0. The summed E-state index contributed by atoms with van der Waals surface area (Å²) in [5.41, 5.74) is 1.85. The van der Waals surface area contributed by atoms with Crippen LogP contribution in [0.15, 0.2) is 30.3 Å². The Kier molecular flexibility index (Phi) is 2.84. The Labute approximate surface area is 139 Å². The lowest BCUT2D eigenvalue weighted by atomic mass is 10.2. The van der Waals surface area contributed by atoms with Gasteiger partial charge >= 0.3 is 0 Å². The van der Waals surface area contributed by atoms with Crippen molar-refractivity contribution in [2.75, 3.05) is 18.5 Å². The van der Waals surface area contributed by atoms with Crippen LogP contribution in [0.4, 0.5) is 20.4 Å². The van der Waals surface area contributed by atoms with Crippen molar-refractivity contribution in [3.05, 3.63) is 42.0 Å². The number of anilines is 2. The molecule has 2 aromatic heterocycles. The van der Waals surface area contributed by atoms with Crippen LogP contribution in [0.25, 0.3) is 16.8 Å². The molecule has 0 fully saturated rings. The molecule has 9 heteroatoms. The van der Waals surface area contributed by atoms with Gasteiger partial charge in [-0.1, -0.05) is 0 Å². The van der Waals surface area contributed by atoms with E-state index in [2.05, 4.69) is 20.4 Å². The summed E-state index contributed by atoms with van der Waals surface area (Å²) in [5, 5.41) is 5.91. The van der Waals surface area contributed by atoms with Crippen LogP contribution < -0.4 is 14.8 Å². The van der Waals surface area contributed by atoms with Crippen molar-refractivity contribution in [3.63, 3.8) is 0 Å². The van der Waals surface area contributed by atoms with Crippen LogP contribution in [0, 0.1) is 11.6 Å². The molecule has 3 heterocycles. The van der Waals surface area contributed by atoms with E-state index in [1.54, 1.807) is 10.6 Å². The van der Waals surface area contributed by atoms with Gasteiger partial charge < -0.3 is 14.8 Å². The summed E-state index contributed by atoms with van der Waals surface area (Å²) in [6.45, 7) is 0.997. The molecule has 0 saturated heterocycles. The van der Waals surface area contributed by atoms with Gasteiger partial charge in [0.2, 0.25) is 5.95 Å². The molecule has 0 saturated carbocycles. The summed E-state index contributed by atoms with van der Waals surface area (Å²) >= 11 is 0. The first-order chi connectivity index (χ1) is 12.2. The van der Waals surface area contributed by atoms with Gasteiger partial charge in [-0.05, 0) is 12.1 Å². The molecule has 0 amide bonds. The zero-order valence-corrected chi connectivity index (χ0v) is 12.7. The Morgan fingerprint density at radius 2 is 1.80 bits per heavy atom. The van der Waals surface area contributed by atoms with Crippen molar-refractivity contribution in [1.29, 1.82) is 0 Å². The molecule has 0 bridgehead atoms. The van der Waals surface area contributed by atoms with Crippen LogP contribution in [-0.4, -0.2) is 32.8 Å². The van der Waals surface area contributed by atoms with Gasteiger partial charge in [0.05, 0.1) is 11.0 Å². The molecule has 1 aliphatic heterocycles. The summed E-state index contributed by atoms with van der Waals surface area (Å²) in [7, 11) is 0. The largest absolute Gasteiger partial charge is 0.486 e. The topological polar surface area (TPSA) is 76.5 Å². The second-order valence-electron chi connectivity index (χ2n) is 5.56. The minimum atomic E-state index is -0.935. The molecule has 0 atom stereocenters. The number of hydrogen-bond donors (Lipinski definition) is 2. The van der Waals surface area contributed by atoms with E-state index in [0.717, 1.165) is 17.6 Å². The number of aromatic amines is 1. The van der Waals surface area contributed by atoms with Crippen molar-refractivity contribution in [1.82, 2.24) is 19.6 Å². The number of nitrogens with one attached hydrogen (secondary N) is 2. The number of benzene rings is 2. The van der Waals surface area contributed by atoms with Gasteiger partial charge in [0.15, 0.2) is 23.1 Å². The van der Waals surface area contributed by atoms with Crippen molar-refractivity contribution in [2.24, 2.45) is 0 Å². The highest BCUT2D eigenvalue weighted by Crippen LogP contribution is 2.34. The smallest absolute Gasteiger partial charge is 0.253 e. The summed E-state index contributed by atoms with van der Waals surface area (Å²) in [4.78, 5) is 8.74. The highest BCUT2D eigenvalue weighted by Gasteiger charge is 2.17. The zero-order valence-electron chi connectivity index (χ0n) is 12.7. The van der Waals surface area contributed by atoms with Crippen molar-refractivity contribution in [3.8, 4) is 11.5 Å². The molecular weight excluding hydrogens is 332 g/mol. The number of nitrogens with zero attached hydrogens (tertiary/aromatic N) is 3. The Morgan fingerprint density at radius 3 is 2.60 bits per heavy atom. The lowest BCUT2D eigenvalue weighted by Crippen LogP contribution is -2.15. The number of rotatable bonds is 2. The second kappa shape index (κ2) is 5.07. The minimum absolute atomic E-state index is 0.352. The lowest BCUT2D eigenvalue weighted by molar-refractivity contribution is 0.172. The van der Waals surface area contributed by atoms with Crippen molar-refractivity contribution in [2.45, 2.75) is 0 Å². The van der Waals surface area contributed by atoms with E-state index < -0.39 is 11.6 Å². The average molecular weight is 343 g/mol. The predicted octanol–water partition coefficient (Wildman–Crippen LogP) is 3.00. The molecule has 5 rings (SSSR count). The first-order valence-electron chi connectivity index (χ1n) is 7.57. The molecule has 2 N–H and O–H groups in total. The Balaban J connectivity index is 1.56. The van der Waals surface area contributed by atoms with Gasteiger partial charge in [0.25, 0.3) is 5.78 Å².